The van der Waals surface area contributed by atoms with Crippen molar-refractivity contribution in [1.82, 2.24) is 14.8 Å². The number of benzene rings is 2. The van der Waals surface area contributed by atoms with Crippen molar-refractivity contribution in [3.05, 3.63) is 58.3 Å². The molecule has 0 saturated heterocycles. The number of carbonyl (C=O) groups excluding carboxylic acids is 1. The second-order valence-electron chi connectivity index (χ2n) is 6.55. The fraction of sp³-hybridized carbons (Fsp3) is 0.286. The maximum atomic E-state index is 12.3. The molecule has 2 aromatic carbocycles. The summed E-state index contributed by atoms with van der Waals surface area (Å²) in [5, 5.41) is 13.1. The number of halogens is 2. The van der Waals surface area contributed by atoms with Crippen LogP contribution in [-0.4, -0.2) is 39.3 Å². The fourth-order valence-corrected chi connectivity index (χ4v) is 4.37. The van der Waals surface area contributed by atoms with Crippen LogP contribution in [0.5, 0.6) is 5.75 Å². The summed E-state index contributed by atoms with van der Waals surface area (Å²) in [6, 6.07) is 12.9. The normalized spacial score (nSPS) is 10.8. The number of thioether (sulfide) groups is 2. The molecule has 0 fully saturated rings. The van der Waals surface area contributed by atoms with Gasteiger partial charge >= 0.3 is 0 Å². The van der Waals surface area contributed by atoms with Crippen molar-refractivity contribution in [2.45, 2.75) is 22.9 Å². The van der Waals surface area contributed by atoms with Crippen molar-refractivity contribution in [3.8, 4) is 5.75 Å². The summed E-state index contributed by atoms with van der Waals surface area (Å²) in [5.74, 6) is 1.62. The van der Waals surface area contributed by atoms with Crippen molar-refractivity contribution < 1.29 is 9.53 Å². The summed E-state index contributed by atoms with van der Waals surface area (Å²) >= 11 is 15.0. The van der Waals surface area contributed by atoms with Gasteiger partial charge in [0, 0.05) is 29.1 Å². The molecule has 0 aliphatic rings. The fourth-order valence-electron chi connectivity index (χ4n) is 2.72. The summed E-state index contributed by atoms with van der Waals surface area (Å²) in [5.41, 5.74) is 0.789. The number of aromatic nitrogens is 3. The number of aryl methyl sites for hydroxylation is 1. The first kappa shape index (κ1) is 23.8. The largest absolute Gasteiger partial charge is 0.492 e. The quantitative estimate of drug-likeness (QED) is 0.291. The highest BCUT2D eigenvalue weighted by Gasteiger charge is 2.12. The molecular formula is C21H22Cl2N4O2S2. The molecule has 3 rings (SSSR count). The van der Waals surface area contributed by atoms with Gasteiger partial charge in [0.2, 0.25) is 5.91 Å². The maximum Gasteiger partial charge on any atom is 0.234 e. The van der Waals surface area contributed by atoms with E-state index in [9.17, 15) is 4.79 Å². The molecule has 0 aliphatic heterocycles. The number of carbonyl (C=O) groups is 1. The number of anilines is 1. The van der Waals surface area contributed by atoms with Crippen molar-refractivity contribution in [2.24, 2.45) is 7.05 Å². The molecule has 0 radical (unpaired) electrons. The van der Waals surface area contributed by atoms with Gasteiger partial charge in [-0.1, -0.05) is 41.0 Å². The zero-order chi connectivity index (χ0) is 22.2. The molecule has 1 amide bonds. The second-order valence-corrected chi connectivity index (χ2v) is 9.22. The third kappa shape index (κ3) is 7.07. The highest BCUT2D eigenvalue weighted by Crippen LogP contribution is 2.27. The Kier molecular flexibility index (Phi) is 8.95. The van der Waals surface area contributed by atoms with E-state index in [1.165, 1.54) is 11.8 Å². The zero-order valence-electron chi connectivity index (χ0n) is 17.1. The highest BCUT2D eigenvalue weighted by molar-refractivity contribution is 7.99. The predicted molar refractivity (Wildman–Crippen MR) is 129 cm³/mol. The van der Waals surface area contributed by atoms with Gasteiger partial charge < -0.3 is 14.6 Å². The molecule has 164 valence electrons. The number of hydrogen-bond donors (Lipinski definition) is 1. The van der Waals surface area contributed by atoms with E-state index in [2.05, 4.69) is 15.5 Å². The molecule has 6 nitrogen and oxygen atoms in total. The first-order valence-corrected chi connectivity index (χ1v) is 12.5. The minimum Gasteiger partial charge on any atom is -0.492 e. The van der Waals surface area contributed by atoms with Crippen LogP contribution in [0.1, 0.15) is 12.2 Å². The number of amides is 1. The molecule has 1 heterocycles. The standard InChI is InChI=1S/C21H22Cl2N4O2S2/c1-27-19(7-4-10-29-18-9-8-14(22)11-17(18)23)25-26-21(27)31-13-20(28)24-15-5-3-6-16(12-15)30-2/h3,5-6,8-9,11-12H,4,7,10,13H2,1-2H3,(H,24,28). The lowest BCUT2D eigenvalue weighted by molar-refractivity contribution is -0.113. The van der Waals surface area contributed by atoms with E-state index in [0.29, 0.717) is 34.0 Å². The minimum atomic E-state index is -0.0824. The molecule has 0 bridgehead atoms. The summed E-state index contributed by atoms with van der Waals surface area (Å²) in [6.45, 7) is 0.494. The predicted octanol–water partition coefficient (Wildman–Crippen LogP) is 5.59. The highest BCUT2D eigenvalue weighted by atomic mass is 35.5. The van der Waals surface area contributed by atoms with Crippen LogP contribution in [0, 0.1) is 0 Å². The average molecular weight is 497 g/mol. The smallest absolute Gasteiger partial charge is 0.234 e. The van der Waals surface area contributed by atoms with E-state index in [4.69, 9.17) is 27.9 Å². The number of hydrogen-bond acceptors (Lipinski definition) is 6. The molecule has 0 atom stereocenters. The Labute approximate surface area is 200 Å². The van der Waals surface area contributed by atoms with Crippen LogP contribution in [0.4, 0.5) is 5.69 Å². The van der Waals surface area contributed by atoms with Crippen LogP contribution < -0.4 is 10.1 Å². The van der Waals surface area contributed by atoms with Gasteiger partial charge in [-0.25, -0.2) is 0 Å². The lowest BCUT2D eigenvalue weighted by atomic mass is 10.3. The Bertz CT molecular complexity index is 1050. The Morgan fingerprint density at radius 3 is 2.81 bits per heavy atom. The summed E-state index contributed by atoms with van der Waals surface area (Å²) < 4.78 is 7.61. The van der Waals surface area contributed by atoms with Gasteiger partial charge in [-0.2, -0.15) is 0 Å². The number of ether oxygens (including phenoxy) is 1. The van der Waals surface area contributed by atoms with E-state index in [-0.39, 0.29) is 11.7 Å². The second kappa shape index (κ2) is 11.7. The number of nitrogens with zero attached hydrogens (tertiary/aromatic N) is 3. The van der Waals surface area contributed by atoms with Gasteiger partial charge in [0.1, 0.15) is 11.6 Å². The lowest BCUT2D eigenvalue weighted by Crippen LogP contribution is -2.14. The van der Waals surface area contributed by atoms with Crippen molar-refractivity contribution in [3.63, 3.8) is 0 Å². The topological polar surface area (TPSA) is 69.0 Å². The minimum absolute atomic E-state index is 0.0824. The Balaban J connectivity index is 1.44. The SMILES string of the molecule is CSc1cccc(NC(=O)CSc2nnc(CCCOc3ccc(Cl)cc3Cl)n2C)c1. The third-order valence-corrected chi connectivity index (χ3v) is 6.58. The van der Waals surface area contributed by atoms with Crippen LogP contribution in [0.2, 0.25) is 10.0 Å². The average Bonchev–Trinajstić information content (AvgIpc) is 3.10. The van der Waals surface area contributed by atoms with Crippen LogP contribution in [-0.2, 0) is 18.3 Å². The van der Waals surface area contributed by atoms with Gasteiger partial charge in [0.05, 0.1) is 17.4 Å². The van der Waals surface area contributed by atoms with Crippen LogP contribution in [0.25, 0.3) is 0 Å². The molecular weight excluding hydrogens is 475 g/mol. The van der Waals surface area contributed by atoms with E-state index in [1.807, 2.05) is 42.1 Å². The van der Waals surface area contributed by atoms with Gasteiger partial charge in [0.25, 0.3) is 0 Å². The number of nitrogens with one attached hydrogen (secondary N) is 1. The van der Waals surface area contributed by atoms with Crippen LogP contribution >= 0.6 is 46.7 Å². The molecule has 0 spiro atoms. The molecule has 0 aliphatic carbocycles. The van der Waals surface area contributed by atoms with Gasteiger partial charge in [-0.05, 0) is 49.1 Å². The van der Waals surface area contributed by atoms with E-state index in [1.54, 1.807) is 30.0 Å². The monoisotopic (exact) mass is 496 g/mol. The van der Waals surface area contributed by atoms with E-state index < -0.39 is 0 Å². The Morgan fingerprint density at radius 2 is 2.03 bits per heavy atom. The molecule has 1 N–H and O–H groups in total. The van der Waals surface area contributed by atoms with Crippen LogP contribution in [0.15, 0.2) is 52.5 Å². The van der Waals surface area contributed by atoms with Crippen molar-refractivity contribution in [1.29, 1.82) is 0 Å². The Hall–Kier alpha value is -1.87. The molecule has 0 saturated carbocycles. The van der Waals surface area contributed by atoms with Gasteiger partial charge in [-0.3, -0.25) is 4.79 Å². The Morgan fingerprint density at radius 1 is 1.19 bits per heavy atom. The first-order chi connectivity index (χ1) is 15.0. The van der Waals surface area contributed by atoms with E-state index in [0.717, 1.165) is 22.8 Å². The van der Waals surface area contributed by atoms with Gasteiger partial charge in [0.15, 0.2) is 5.16 Å². The summed E-state index contributed by atoms with van der Waals surface area (Å²) in [7, 11) is 1.90. The zero-order valence-corrected chi connectivity index (χ0v) is 20.2. The molecule has 1 aromatic heterocycles. The van der Waals surface area contributed by atoms with Crippen molar-refractivity contribution >= 4 is 58.3 Å². The maximum absolute atomic E-state index is 12.3. The summed E-state index contributed by atoms with van der Waals surface area (Å²) in [6.07, 6.45) is 3.45. The number of rotatable bonds is 10. The van der Waals surface area contributed by atoms with E-state index >= 15 is 0 Å². The third-order valence-electron chi connectivity index (χ3n) is 4.31. The molecule has 31 heavy (non-hydrogen) atoms. The molecule has 10 heteroatoms. The first-order valence-electron chi connectivity index (χ1n) is 9.49. The van der Waals surface area contributed by atoms with Crippen LogP contribution in [0.3, 0.4) is 0 Å². The van der Waals surface area contributed by atoms with Gasteiger partial charge in [-0.15, -0.1) is 22.0 Å². The molecule has 3 aromatic rings. The lowest BCUT2D eigenvalue weighted by Gasteiger charge is -2.08. The molecule has 0 unspecified atom stereocenters. The van der Waals surface area contributed by atoms with Crippen molar-refractivity contribution in [2.75, 3.05) is 23.9 Å². The summed E-state index contributed by atoms with van der Waals surface area (Å²) in [4.78, 5) is 13.4.